The normalized spacial score (nSPS) is 20.7. The fourth-order valence-corrected chi connectivity index (χ4v) is 3.21. The second kappa shape index (κ2) is 6.58. The Morgan fingerprint density at radius 2 is 1.96 bits per heavy atom. The van der Waals surface area contributed by atoms with Crippen molar-refractivity contribution in [1.29, 1.82) is 5.26 Å². The third kappa shape index (κ3) is 3.09. The lowest BCUT2D eigenvalue weighted by atomic mass is 9.84. The predicted octanol–water partition coefficient (Wildman–Crippen LogP) is 2.75. The van der Waals surface area contributed by atoms with Crippen LogP contribution in [-0.2, 0) is 4.79 Å². The molecular weight excluding hydrogens is 316 g/mol. The molecule has 3 rings (SSSR count). The van der Waals surface area contributed by atoms with Crippen LogP contribution < -0.4 is 9.64 Å². The molecule has 0 fully saturated rings. The minimum atomic E-state index is -0.900. The summed E-state index contributed by atoms with van der Waals surface area (Å²) in [5.74, 6) is 0.603. The van der Waals surface area contributed by atoms with Gasteiger partial charge in [-0.3, -0.25) is 4.79 Å². The summed E-state index contributed by atoms with van der Waals surface area (Å²) < 4.78 is 5.94. The van der Waals surface area contributed by atoms with E-state index in [1.54, 1.807) is 36.9 Å². The van der Waals surface area contributed by atoms with Gasteiger partial charge in [0.25, 0.3) is 0 Å². The zero-order chi connectivity index (χ0) is 18.0. The maximum Gasteiger partial charge on any atom is 0.219 e. The van der Waals surface area contributed by atoms with E-state index in [2.05, 4.69) is 6.07 Å². The molecule has 0 aromatic heterocycles. The van der Waals surface area contributed by atoms with E-state index in [1.165, 1.54) is 0 Å². The van der Waals surface area contributed by atoms with Crippen LogP contribution in [0.15, 0.2) is 48.5 Å². The smallest absolute Gasteiger partial charge is 0.219 e. The summed E-state index contributed by atoms with van der Waals surface area (Å²) in [6.07, 6.45) is 1.03. The molecule has 0 bridgehead atoms. The summed E-state index contributed by atoms with van der Waals surface area (Å²) in [5, 5.41) is 20.2. The van der Waals surface area contributed by atoms with Gasteiger partial charge in [-0.05, 0) is 44.2 Å². The van der Waals surface area contributed by atoms with Gasteiger partial charge >= 0.3 is 0 Å². The topological polar surface area (TPSA) is 73.6 Å². The summed E-state index contributed by atoms with van der Waals surface area (Å²) in [5.41, 5.74) is 1.11. The molecule has 1 aliphatic rings. The number of nitrogens with zero attached hydrogens (tertiary/aromatic N) is 2. The molecule has 1 N–H and O–H groups in total. The van der Waals surface area contributed by atoms with Crippen molar-refractivity contribution in [3.63, 3.8) is 0 Å². The Morgan fingerprint density at radius 3 is 2.60 bits per heavy atom. The molecule has 1 radical (unpaired) electrons. The minimum absolute atomic E-state index is 0.00194. The predicted molar refractivity (Wildman–Crippen MR) is 94.1 cm³/mol. The van der Waals surface area contributed by atoms with Crippen LogP contribution in [0.2, 0.25) is 0 Å². The lowest BCUT2D eigenvalue weighted by Crippen LogP contribution is -2.54. The van der Waals surface area contributed by atoms with E-state index in [1.807, 2.05) is 36.6 Å². The summed E-state index contributed by atoms with van der Waals surface area (Å²) in [6, 6.07) is 16.1. The Kier molecular flexibility index (Phi) is 4.47. The molecule has 5 nitrogen and oxygen atoms in total. The van der Waals surface area contributed by atoms with Crippen LogP contribution in [0.5, 0.6) is 5.75 Å². The highest BCUT2D eigenvalue weighted by atomic mass is 16.5. The van der Waals surface area contributed by atoms with E-state index in [4.69, 9.17) is 4.74 Å². The van der Waals surface area contributed by atoms with Gasteiger partial charge in [0.2, 0.25) is 6.29 Å². The van der Waals surface area contributed by atoms with Gasteiger partial charge in [-0.25, -0.2) is 0 Å². The third-order valence-corrected chi connectivity index (χ3v) is 4.50. The molecule has 5 heteroatoms. The van der Waals surface area contributed by atoms with E-state index in [9.17, 15) is 15.2 Å². The lowest BCUT2D eigenvalue weighted by Gasteiger charge is -2.46. The van der Waals surface area contributed by atoms with Crippen molar-refractivity contribution in [2.45, 2.75) is 31.6 Å². The third-order valence-electron chi connectivity index (χ3n) is 4.50. The number of hydrogen-bond donors (Lipinski definition) is 1. The number of aliphatic hydroxyl groups is 1. The number of ether oxygens (including phenoxy) is 1. The number of para-hydroxylation sites is 1. The van der Waals surface area contributed by atoms with Crippen LogP contribution in [0.4, 0.5) is 5.69 Å². The molecule has 0 amide bonds. The SMILES string of the molecule is CC1(C)Oc2ccc(C#N)cc2C(N(C[C]=O)c2ccccc2)C1O. The highest BCUT2D eigenvalue weighted by Crippen LogP contribution is 2.44. The van der Waals surface area contributed by atoms with Crippen LogP contribution in [0.25, 0.3) is 0 Å². The molecule has 0 saturated carbocycles. The fourth-order valence-electron chi connectivity index (χ4n) is 3.21. The lowest BCUT2D eigenvalue weighted by molar-refractivity contribution is -0.0582. The zero-order valence-electron chi connectivity index (χ0n) is 14.1. The van der Waals surface area contributed by atoms with Crippen molar-refractivity contribution < 1.29 is 14.6 Å². The van der Waals surface area contributed by atoms with Crippen molar-refractivity contribution >= 4 is 12.0 Å². The largest absolute Gasteiger partial charge is 0.485 e. The molecule has 0 aliphatic carbocycles. The van der Waals surface area contributed by atoms with Crippen LogP contribution >= 0.6 is 0 Å². The first-order chi connectivity index (χ1) is 12.0. The highest BCUT2D eigenvalue weighted by molar-refractivity contribution is 5.64. The molecule has 25 heavy (non-hydrogen) atoms. The number of carbonyl (C=O) groups excluding carboxylic acids is 1. The monoisotopic (exact) mass is 335 g/mol. The summed E-state index contributed by atoms with van der Waals surface area (Å²) in [4.78, 5) is 13.0. The molecule has 0 saturated heterocycles. The van der Waals surface area contributed by atoms with E-state index >= 15 is 0 Å². The van der Waals surface area contributed by atoms with Gasteiger partial charge in [-0.15, -0.1) is 0 Å². The summed E-state index contributed by atoms with van der Waals surface area (Å²) in [7, 11) is 0. The van der Waals surface area contributed by atoms with Gasteiger partial charge in [-0.1, -0.05) is 18.2 Å². The quantitative estimate of drug-likeness (QED) is 0.930. The van der Waals surface area contributed by atoms with E-state index < -0.39 is 17.7 Å². The van der Waals surface area contributed by atoms with E-state index in [-0.39, 0.29) is 6.54 Å². The standard InChI is InChI=1S/C20H19N2O3/c1-20(2)19(24)18(16-12-14(13-21)8-9-17(16)25-20)22(10-11-23)15-6-4-3-5-7-15/h3-9,12,18-19,24H,10H2,1-2H3. The van der Waals surface area contributed by atoms with Crippen molar-refractivity contribution in [3.05, 3.63) is 59.7 Å². The van der Waals surface area contributed by atoms with Gasteiger partial charge in [0, 0.05) is 11.3 Å². The van der Waals surface area contributed by atoms with Gasteiger partial charge in [-0.2, -0.15) is 5.26 Å². The van der Waals surface area contributed by atoms with Crippen LogP contribution in [0.1, 0.15) is 31.0 Å². The van der Waals surface area contributed by atoms with E-state index in [0.29, 0.717) is 16.9 Å². The number of benzene rings is 2. The maximum atomic E-state index is 11.2. The Morgan fingerprint density at radius 1 is 1.24 bits per heavy atom. The van der Waals surface area contributed by atoms with E-state index in [0.717, 1.165) is 5.69 Å². The molecule has 2 aromatic carbocycles. The van der Waals surface area contributed by atoms with Crippen molar-refractivity contribution in [2.24, 2.45) is 0 Å². The number of hydrogen-bond acceptors (Lipinski definition) is 5. The van der Waals surface area contributed by atoms with Crippen molar-refractivity contribution in [2.75, 3.05) is 11.4 Å². The molecule has 0 spiro atoms. The van der Waals surface area contributed by atoms with Gasteiger partial charge < -0.3 is 14.7 Å². The maximum absolute atomic E-state index is 11.2. The Balaban J connectivity index is 2.17. The van der Waals surface area contributed by atoms with Gasteiger partial charge in [0.1, 0.15) is 17.5 Å². The summed E-state index contributed by atoms with van der Waals surface area (Å²) in [6.45, 7) is 3.61. The molecule has 2 aromatic rings. The summed E-state index contributed by atoms with van der Waals surface area (Å²) >= 11 is 0. The Bertz CT molecular complexity index is 811. The number of nitriles is 1. The molecular formula is C20H19N2O3. The van der Waals surface area contributed by atoms with Crippen molar-refractivity contribution in [3.8, 4) is 11.8 Å². The molecule has 2 atom stereocenters. The fraction of sp³-hybridized carbons (Fsp3) is 0.300. The molecule has 127 valence electrons. The first kappa shape index (κ1) is 17.0. The molecule has 1 heterocycles. The number of rotatable bonds is 4. The number of aliphatic hydroxyl groups excluding tert-OH is 1. The van der Waals surface area contributed by atoms with Gasteiger partial charge in [0.15, 0.2) is 0 Å². The number of anilines is 1. The zero-order valence-corrected chi connectivity index (χ0v) is 14.1. The highest BCUT2D eigenvalue weighted by Gasteiger charge is 2.45. The molecule has 2 unspecified atom stereocenters. The average molecular weight is 335 g/mol. The first-order valence-electron chi connectivity index (χ1n) is 8.06. The molecule has 1 aliphatic heterocycles. The second-order valence-electron chi connectivity index (χ2n) is 6.57. The second-order valence-corrected chi connectivity index (χ2v) is 6.57. The first-order valence-corrected chi connectivity index (χ1v) is 8.06. The Hall–Kier alpha value is -2.84. The van der Waals surface area contributed by atoms with Crippen molar-refractivity contribution in [1.82, 2.24) is 0 Å². The minimum Gasteiger partial charge on any atom is -0.485 e. The Labute approximate surface area is 147 Å². The van der Waals surface area contributed by atoms with Crippen LogP contribution in [-0.4, -0.2) is 29.6 Å². The van der Waals surface area contributed by atoms with Crippen LogP contribution in [0.3, 0.4) is 0 Å². The van der Waals surface area contributed by atoms with Gasteiger partial charge in [0.05, 0.1) is 24.2 Å². The average Bonchev–Trinajstić information content (AvgIpc) is 2.62. The van der Waals surface area contributed by atoms with Crippen LogP contribution in [0, 0.1) is 11.3 Å². The number of fused-ring (bicyclic) bond motifs is 1.